The van der Waals surface area contributed by atoms with Gasteiger partial charge in [0.2, 0.25) is 11.8 Å². The molecular formula is C23H24N4O4. The number of piperidine rings is 1. The first-order valence-electron chi connectivity index (χ1n) is 10.2. The average molecular weight is 420 g/mol. The van der Waals surface area contributed by atoms with Gasteiger partial charge >= 0.3 is 0 Å². The maximum atomic E-state index is 12.6. The first-order chi connectivity index (χ1) is 15.0. The standard InChI is InChI=1S/C23H24N4O4/c1-31-16-8-6-15(7-9-16)22-19(10-11-20(28)26-22)25-21(29)12-13-27-14-24-18-5-3-2-4-17(18)23(27)30/h2-9,14,19,22H,10-13H2,1H3,(H,25,29)(H,26,28). The number of fused-ring (bicyclic) bond motifs is 1. The molecule has 2 unspecified atom stereocenters. The zero-order chi connectivity index (χ0) is 21.8. The summed E-state index contributed by atoms with van der Waals surface area (Å²) < 4.78 is 6.64. The number of hydrogen-bond acceptors (Lipinski definition) is 5. The van der Waals surface area contributed by atoms with Crippen LogP contribution in [0.3, 0.4) is 0 Å². The average Bonchev–Trinajstić information content (AvgIpc) is 2.80. The fourth-order valence-corrected chi connectivity index (χ4v) is 3.85. The topological polar surface area (TPSA) is 102 Å². The van der Waals surface area contributed by atoms with Crippen molar-refractivity contribution in [2.75, 3.05) is 7.11 Å². The van der Waals surface area contributed by atoms with Crippen LogP contribution in [0.15, 0.2) is 59.7 Å². The molecule has 0 bridgehead atoms. The number of carbonyl (C=O) groups is 2. The van der Waals surface area contributed by atoms with Gasteiger partial charge in [0.1, 0.15) is 5.75 Å². The van der Waals surface area contributed by atoms with Crippen LogP contribution in [0.1, 0.15) is 30.9 Å². The minimum atomic E-state index is -0.318. The Morgan fingerprint density at radius 3 is 2.74 bits per heavy atom. The Morgan fingerprint density at radius 2 is 1.97 bits per heavy atom. The lowest BCUT2D eigenvalue weighted by molar-refractivity contribution is -0.127. The number of hydrogen-bond donors (Lipinski definition) is 2. The zero-order valence-electron chi connectivity index (χ0n) is 17.2. The third kappa shape index (κ3) is 4.58. The second kappa shape index (κ2) is 8.99. The smallest absolute Gasteiger partial charge is 0.261 e. The van der Waals surface area contributed by atoms with E-state index in [-0.39, 0.29) is 42.4 Å². The van der Waals surface area contributed by atoms with Crippen molar-refractivity contribution in [1.29, 1.82) is 0 Å². The van der Waals surface area contributed by atoms with Crippen LogP contribution in [-0.2, 0) is 16.1 Å². The first-order valence-corrected chi connectivity index (χ1v) is 10.2. The fourth-order valence-electron chi connectivity index (χ4n) is 3.85. The second-order valence-electron chi connectivity index (χ2n) is 7.54. The van der Waals surface area contributed by atoms with Gasteiger partial charge in [0.25, 0.3) is 5.56 Å². The molecule has 0 spiro atoms. The first kappa shape index (κ1) is 20.6. The number of aromatic nitrogens is 2. The van der Waals surface area contributed by atoms with E-state index < -0.39 is 0 Å². The summed E-state index contributed by atoms with van der Waals surface area (Å²) in [6.45, 7) is 0.231. The Hall–Kier alpha value is -3.68. The van der Waals surface area contributed by atoms with E-state index in [0.717, 1.165) is 11.3 Å². The van der Waals surface area contributed by atoms with E-state index in [1.807, 2.05) is 30.3 Å². The van der Waals surface area contributed by atoms with Gasteiger partial charge in [0.05, 0.1) is 36.4 Å². The highest BCUT2D eigenvalue weighted by Crippen LogP contribution is 2.26. The number of aryl methyl sites for hydroxylation is 1. The molecule has 2 amide bonds. The molecule has 8 nitrogen and oxygen atoms in total. The molecule has 0 saturated carbocycles. The number of carbonyl (C=O) groups excluding carboxylic acids is 2. The van der Waals surface area contributed by atoms with Gasteiger partial charge in [-0.25, -0.2) is 4.98 Å². The van der Waals surface area contributed by atoms with Gasteiger partial charge < -0.3 is 15.4 Å². The van der Waals surface area contributed by atoms with Crippen LogP contribution in [-0.4, -0.2) is 34.5 Å². The third-order valence-electron chi connectivity index (χ3n) is 5.53. The summed E-state index contributed by atoms with van der Waals surface area (Å²) in [6, 6.07) is 14.0. The normalized spacial score (nSPS) is 18.4. The molecule has 4 rings (SSSR count). The zero-order valence-corrected chi connectivity index (χ0v) is 17.2. The number of ether oxygens (including phenoxy) is 1. The van der Waals surface area contributed by atoms with Crippen LogP contribution in [0.25, 0.3) is 10.9 Å². The molecule has 2 N–H and O–H groups in total. The van der Waals surface area contributed by atoms with Gasteiger partial charge in [-0.15, -0.1) is 0 Å². The number of amides is 2. The summed E-state index contributed by atoms with van der Waals surface area (Å²) in [5.41, 5.74) is 1.36. The highest BCUT2D eigenvalue weighted by atomic mass is 16.5. The van der Waals surface area contributed by atoms with Crippen molar-refractivity contribution in [2.24, 2.45) is 0 Å². The van der Waals surface area contributed by atoms with Crippen molar-refractivity contribution >= 4 is 22.7 Å². The largest absolute Gasteiger partial charge is 0.497 e. The van der Waals surface area contributed by atoms with Gasteiger partial charge in [0, 0.05) is 19.4 Å². The molecule has 2 aromatic carbocycles. The van der Waals surface area contributed by atoms with Crippen LogP contribution >= 0.6 is 0 Å². The molecule has 31 heavy (non-hydrogen) atoms. The maximum absolute atomic E-state index is 12.6. The van der Waals surface area contributed by atoms with E-state index in [2.05, 4.69) is 15.6 Å². The third-order valence-corrected chi connectivity index (χ3v) is 5.53. The van der Waals surface area contributed by atoms with Crippen molar-refractivity contribution < 1.29 is 14.3 Å². The number of nitrogens with one attached hydrogen (secondary N) is 2. The van der Waals surface area contributed by atoms with Crippen LogP contribution < -0.4 is 20.9 Å². The van der Waals surface area contributed by atoms with E-state index in [1.54, 1.807) is 25.3 Å². The van der Waals surface area contributed by atoms with E-state index in [1.165, 1.54) is 10.9 Å². The number of nitrogens with zero attached hydrogens (tertiary/aromatic N) is 2. The summed E-state index contributed by atoms with van der Waals surface area (Å²) in [4.78, 5) is 41.5. The van der Waals surface area contributed by atoms with Crippen LogP contribution in [0.4, 0.5) is 0 Å². The molecule has 1 fully saturated rings. The SMILES string of the molecule is COc1ccc(C2NC(=O)CCC2NC(=O)CCn2cnc3ccccc3c2=O)cc1. The Morgan fingerprint density at radius 1 is 1.19 bits per heavy atom. The lowest BCUT2D eigenvalue weighted by Gasteiger charge is -2.33. The van der Waals surface area contributed by atoms with Crippen molar-refractivity contribution in [2.45, 2.75) is 37.9 Å². The highest BCUT2D eigenvalue weighted by Gasteiger charge is 2.31. The lowest BCUT2D eigenvalue weighted by Crippen LogP contribution is -2.50. The molecule has 1 aromatic heterocycles. The van der Waals surface area contributed by atoms with Crippen LogP contribution in [0, 0.1) is 0 Å². The maximum Gasteiger partial charge on any atom is 0.261 e. The second-order valence-corrected chi connectivity index (χ2v) is 7.54. The van der Waals surface area contributed by atoms with Crippen LogP contribution in [0.5, 0.6) is 5.75 Å². The monoisotopic (exact) mass is 420 g/mol. The molecule has 3 aromatic rings. The molecule has 1 aliphatic heterocycles. The van der Waals surface area contributed by atoms with Crippen molar-refractivity contribution in [1.82, 2.24) is 20.2 Å². The van der Waals surface area contributed by atoms with Crippen LogP contribution in [0.2, 0.25) is 0 Å². The Balaban J connectivity index is 1.43. The number of para-hydroxylation sites is 1. The molecular weight excluding hydrogens is 396 g/mol. The van der Waals surface area contributed by atoms with Gasteiger partial charge in [-0.1, -0.05) is 24.3 Å². The lowest BCUT2D eigenvalue weighted by atomic mass is 9.91. The van der Waals surface area contributed by atoms with Crippen molar-refractivity contribution in [3.8, 4) is 5.75 Å². The summed E-state index contributed by atoms with van der Waals surface area (Å²) >= 11 is 0. The predicted octanol–water partition coefficient (Wildman–Crippen LogP) is 1.93. The Bertz CT molecular complexity index is 1160. The van der Waals surface area contributed by atoms with Crippen molar-refractivity contribution in [3.63, 3.8) is 0 Å². The van der Waals surface area contributed by atoms with E-state index >= 15 is 0 Å². The molecule has 0 radical (unpaired) electrons. The van der Waals surface area contributed by atoms with Gasteiger partial charge in [-0.2, -0.15) is 0 Å². The molecule has 1 aliphatic rings. The predicted molar refractivity (Wildman–Crippen MR) is 116 cm³/mol. The Kier molecular flexibility index (Phi) is 5.97. The van der Waals surface area contributed by atoms with Crippen molar-refractivity contribution in [3.05, 3.63) is 70.8 Å². The minimum absolute atomic E-state index is 0.0416. The van der Waals surface area contributed by atoms with E-state index in [4.69, 9.17) is 4.74 Å². The summed E-state index contributed by atoms with van der Waals surface area (Å²) in [5, 5.41) is 6.52. The summed E-state index contributed by atoms with van der Waals surface area (Å²) in [5.74, 6) is 0.501. The summed E-state index contributed by atoms with van der Waals surface area (Å²) in [6.07, 6.45) is 2.51. The van der Waals surface area contributed by atoms with Gasteiger partial charge in [0.15, 0.2) is 0 Å². The molecule has 8 heteroatoms. The fraction of sp³-hybridized carbons (Fsp3) is 0.304. The van der Waals surface area contributed by atoms with Gasteiger partial charge in [-0.05, 0) is 36.2 Å². The molecule has 1 saturated heterocycles. The number of rotatable bonds is 6. The quantitative estimate of drug-likeness (QED) is 0.634. The Labute approximate surface area is 179 Å². The highest BCUT2D eigenvalue weighted by molar-refractivity contribution is 5.80. The molecule has 0 aliphatic carbocycles. The molecule has 2 atom stereocenters. The molecule has 2 heterocycles. The number of methoxy groups -OCH3 is 1. The van der Waals surface area contributed by atoms with E-state index in [9.17, 15) is 14.4 Å². The van der Waals surface area contributed by atoms with Gasteiger partial charge in [-0.3, -0.25) is 19.0 Å². The van der Waals surface area contributed by atoms with E-state index in [0.29, 0.717) is 23.7 Å². The number of benzene rings is 2. The minimum Gasteiger partial charge on any atom is -0.497 e. The molecule has 160 valence electrons. The summed E-state index contributed by atoms with van der Waals surface area (Å²) in [7, 11) is 1.59.